The Bertz CT molecular complexity index is 365. The molecule has 2 nitrogen and oxygen atoms in total. The molecule has 2 rings (SSSR count). The molecule has 3 heteroatoms. The lowest BCUT2D eigenvalue weighted by molar-refractivity contribution is 0.0954. The Morgan fingerprint density at radius 2 is 1.61 bits per heavy atom. The first-order valence-electron chi connectivity index (χ1n) is 6.68. The van der Waals surface area contributed by atoms with Gasteiger partial charge in [-0.05, 0) is 30.0 Å². The number of benzene rings is 1. The lowest BCUT2D eigenvalue weighted by atomic mass is 9.74. The van der Waals surface area contributed by atoms with Gasteiger partial charge in [-0.15, -0.1) is 0 Å². The van der Waals surface area contributed by atoms with E-state index in [1.54, 1.807) is 0 Å². The molecule has 1 aromatic carbocycles. The van der Waals surface area contributed by atoms with E-state index in [0.29, 0.717) is 5.92 Å². The van der Waals surface area contributed by atoms with Crippen molar-refractivity contribution in [3.8, 4) is 0 Å². The third kappa shape index (κ3) is 2.95. The van der Waals surface area contributed by atoms with Crippen LogP contribution >= 0.6 is 15.9 Å². The molecule has 0 aliphatic heterocycles. The molecule has 0 amide bonds. The van der Waals surface area contributed by atoms with Gasteiger partial charge in [-0.2, -0.15) is 0 Å². The molecular formula is C15H21BrO2. The normalized spacial score (nSPS) is 17.3. The van der Waals surface area contributed by atoms with Crippen LogP contribution < -0.4 is 0 Å². The number of rotatable bonds is 5. The Kier molecular flexibility index (Phi) is 4.82. The summed E-state index contributed by atoms with van der Waals surface area (Å²) >= 11 is 3.42. The van der Waals surface area contributed by atoms with E-state index in [9.17, 15) is 10.2 Å². The van der Waals surface area contributed by atoms with Crippen molar-refractivity contribution in [3.63, 3.8) is 0 Å². The van der Waals surface area contributed by atoms with Gasteiger partial charge in [0.1, 0.15) is 0 Å². The summed E-state index contributed by atoms with van der Waals surface area (Å²) < 4.78 is 1.02. The quantitative estimate of drug-likeness (QED) is 0.876. The molecule has 100 valence electrons. The highest BCUT2D eigenvalue weighted by Crippen LogP contribution is 2.38. The largest absolute Gasteiger partial charge is 0.395 e. The van der Waals surface area contributed by atoms with Crippen LogP contribution in [0, 0.1) is 5.92 Å². The van der Waals surface area contributed by atoms with Crippen LogP contribution in [-0.4, -0.2) is 23.4 Å². The Morgan fingerprint density at radius 1 is 1.06 bits per heavy atom. The molecule has 0 heterocycles. The molecule has 0 saturated heterocycles. The van der Waals surface area contributed by atoms with Gasteiger partial charge in [0.25, 0.3) is 0 Å². The van der Waals surface area contributed by atoms with Gasteiger partial charge in [-0.25, -0.2) is 0 Å². The molecule has 0 radical (unpaired) electrons. The molecule has 1 saturated carbocycles. The zero-order chi connectivity index (χ0) is 13.0. The zero-order valence-corrected chi connectivity index (χ0v) is 12.2. The second kappa shape index (κ2) is 6.18. The molecule has 0 atom stereocenters. The molecule has 1 aliphatic carbocycles. The van der Waals surface area contributed by atoms with E-state index >= 15 is 0 Å². The van der Waals surface area contributed by atoms with Crippen LogP contribution in [0.15, 0.2) is 28.7 Å². The van der Waals surface area contributed by atoms with Crippen LogP contribution in [0.4, 0.5) is 0 Å². The second-order valence-corrected chi connectivity index (χ2v) is 6.37. The van der Waals surface area contributed by atoms with Crippen LogP contribution in [0.1, 0.15) is 37.7 Å². The molecule has 0 aromatic heterocycles. The second-order valence-electron chi connectivity index (χ2n) is 5.46. The highest BCUT2D eigenvalue weighted by atomic mass is 79.9. The van der Waals surface area contributed by atoms with Crippen molar-refractivity contribution in [3.05, 3.63) is 34.3 Å². The van der Waals surface area contributed by atoms with Crippen LogP contribution in [0.3, 0.4) is 0 Å². The molecule has 1 aliphatic rings. The maximum absolute atomic E-state index is 9.79. The monoisotopic (exact) mass is 312 g/mol. The molecular weight excluding hydrogens is 292 g/mol. The van der Waals surface area contributed by atoms with Crippen molar-refractivity contribution in [1.82, 2.24) is 0 Å². The maximum Gasteiger partial charge on any atom is 0.0550 e. The summed E-state index contributed by atoms with van der Waals surface area (Å²) in [5, 5.41) is 19.6. The van der Waals surface area contributed by atoms with Gasteiger partial charge in [-0.1, -0.05) is 53.7 Å². The number of hydrogen-bond acceptors (Lipinski definition) is 2. The molecule has 18 heavy (non-hydrogen) atoms. The lowest BCUT2D eigenvalue weighted by Crippen LogP contribution is -2.36. The van der Waals surface area contributed by atoms with Gasteiger partial charge in [0.2, 0.25) is 0 Å². The fourth-order valence-corrected chi connectivity index (χ4v) is 3.31. The molecule has 2 N–H and O–H groups in total. The number of aliphatic hydroxyl groups excluding tert-OH is 2. The Labute approximate surface area is 117 Å². The Hall–Kier alpha value is -0.380. The predicted octanol–water partition coefficient (Wildman–Crippen LogP) is 3.25. The van der Waals surface area contributed by atoms with Gasteiger partial charge in [0, 0.05) is 9.89 Å². The van der Waals surface area contributed by atoms with E-state index in [1.165, 1.54) is 25.7 Å². The van der Waals surface area contributed by atoms with Gasteiger partial charge < -0.3 is 10.2 Å². The topological polar surface area (TPSA) is 40.5 Å². The fraction of sp³-hybridized carbons (Fsp3) is 0.600. The first-order chi connectivity index (χ1) is 8.70. The number of halogens is 1. The molecule has 0 spiro atoms. The average molecular weight is 313 g/mol. The first-order valence-corrected chi connectivity index (χ1v) is 7.47. The number of hydrogen-bond donors (Lipinski definition) is 2. The summed E-state index contributed by atoms with van der Waals surface area (Å²) in [5.41, 5.74) is 0.568. The first kappa shape index (κ1) is 14.0. The smallest absolute Gasteiger partial charge is 0.0550 e. The van der Waals surface area contributed by atoms with Crippen molar-refractivity contribution >= 4 is 15.9 Å². The van der Waals surface area contributed by atoms with E-state index in [4.69, 9.17) is 0 Å². The lowest BCUT2D eigenvalue weighted by Gasteiger charge is -2.33. The Balaban J connectivity index is 2.21. The Morgan fingerprint density at radius 3 is 2.11 bits per heavy atom. The van der Waals surface area contributed by atoms with Crippen LogP contribution in [0.2, 0.25) is 0 Å². The van der Waals surface area contributed by atoms with E-state index < -0.39 is 5.41 Å². The van der Waals surface area contributed by atoms with Gasteiger partial charge >= 0.3 is 0 Å². The standard InChI is InChI=1S/C15H21BrO2/c16-14-7-5-13(6-8-14)15(10-17,11-18)9-12-3-1-2-4-12/h5-8,12,17-18H,1-4,9-11H2. The van der Waals surface area contributed by atoms with Gasteiger partial charge in [0.15, 0.2) is 0 Å². The van der Waals surface area contributed by atoms with E-state index in [0.717, 1.165) is 16.5 Å². The summed E-state index contributed by atoms with van der Waals surface area (Å²) in [6.07, 6.45) is 5.94. The molecule has 1 aromatic rings. The van der Waals surface area contributed by atoms with Gasteiger partial charge in [0.05, 0.1) is 13.2 Å². The minimum atomic E-state index is -0.476. The minimum Gasteiger partial charge on any atom is -0.395 e. The van der Waals surface area contributed by atoms with E-state index in [-0.39, 0.29) is 13.2 Å². The average Bonchev–Trinajstić information content (AvgIpc) is 2.90. The number of aliphatic hydroxyl groups is 2. The van der Waals surface area contributed by atoms with Gasteiger partial charge in [-0.3, -0.25) is 0 Å². The van der Waals surface area contributed by atoms with E-state index in [2.05, 4.69) is 15.9 Å². The predicted molar refractivity (Wildman–Crippen MR) is 76.6 cm³/mol. The summed E-state index contributed by atoms with van der Waals surface area (Å²) in [6, 6.07) is 7.96. The summed E-state index contributed by atoms with van der Waals surface area (Å²) in [5.74, 6) is 0.646. The van der Waals surface area contributed by atoms with Crippen LogP contribution in [0.5, 0.6) is 0 Å². The SMILES string of the molecule is OCC(CO)(CC1CCCC1)c1ccc(Br)cc1. The fourth-order valence-electron chi connectivity index (χ4n) is 3.05. The highest BCUT2D eigenvalue weighted by Gasteiger charge is 2.34. The highest BCUT2D eigenvalue weighted by molar-refractivity contribution is 9.10. The van der Waals surface area contributed by atoms with Crippen molar-refractivity contribution in [2.24, 2.45) is 5.92 Å². The van der Waals surface area contributed by atoms with Crippen LogP contribution in [-0.2, 0) is 5.41 Å². The van der Waals surface area contributed by atoms with Crippen molar-refractivity contribution in [2.75, 3.05) is 13.2 Å². The summed E-state index contributed by atoms with van der Waals surface area (Å²) in [6.45, 7) is 0.0310. The summed E-state index contributed by atoms with van der Waals surface area (Å²) in [7, 11) is 0. The van der Waals surface area contributed by atoms with Crippen molar-refractivity contribution in [2.45, 2.75) is 37.5 Å². The third-order valence-corrected chi connectivity index (χ3v) is 4.74. The summed E-state index contributed by atoms with van der Waals surface area (Å²) in [4.78, 5) is 0. The van der Waals surface area contributed by atoms with E-state index in [1.807, 2.05) is 24.3 Å². The van der Waals surface area contributed by atoms with Crippen molar-refractivity contribution < 1.29 is 10.2 Å². The van der Waals surface area contributed by atoms with Crippen molar-refractivity contribution in [1.29, 1.82) is 0 Å². The molecule has 1 fully saturated rings. The minimum absolute atomic E-state index is 0.0155. The molecule has 0 bridgehead atoms. The zero-order valence-electron chi connectivity index (χ0n) is 10.6. The van der Waals surface area contributed by atoms with Crippen LogP contribution in [0.25, 0.3) is 0 Å². The third-order valence-electron chi connectivity index (χ3n) is 4.22. The maximum atomic E-state index is 9.79. The molecule has 0 unspecified atom stereocenters.